The summed E-state index contributed by atoms with van der Waals surface area (Å²) in [5.41, 5.74) is 1.06. The lowest BCUT2D eigenvalue weighted by atomic mass is 10.1. The van der Waals surface area contributed by atoms with Gasteiger partial charge in [-0.05, 0) is 56.6 Å². The second-order valence-electron chi connectivity index (χ2n) is 5.90. The van der Waals surface area contributed by atoms with Gasteiger partial charge in [-0.2, -0.15) is 0 Å². The third-order valence-electron chi connectivity index (χ3n) is 4.27. The number of carbonyl (C=O) groups is 1. The molecule has 0 bridgehead atoms. The molecule has 0 saturated carbocycles. The highest BCUT2D eigenvalue weighted by Gasteiger charge is 2.25. The molecule has 2 aromatic rings. The molecule has 0 aliphatic carbocycles. The van der Waals surface area contributed by atoms with Crippen LogP contribution < -0.4 is 5.32 Å². The van der Waals surface area contributed by atoms with E-state index in [0.717, 1.165) is 29.4 Å². The van der Waals surface area contributed by atoms with Crippen LogP contribution >= 0.6 is 11.6 Å². The Hall–Kier alpha value is -1.78. The normalized spacial score (nSPS) is 16.4. The van der Waals surface area contributed by atoms with E-state index in [1.54, 1.807) is 12.1 Å². The second-order valence-corrected chi connectivity index (χ2v) is 6.31. The van der Waals surface area contributed by atoms with Gasteiger partial charge in [0.2, 0.25) is 0 Å². The van der Waals surface area contributed by atoms with E-state index in [1.165, 1.54) is 12.8 Å². The van der Waals surface area contributed by atoms with Crippen molar-refractivity contribution in [2.75, 3.05) is 19.6 Å². The molecule has 1 fully saturated rings. The van der Waals surface area contributed by atoms with Gasteiger partial charge in [-0.1, -0.05) is 29.8 Å². The number of furan rings is 1. The van der Waals surface area contributed by atoms with Gasteiger partial charge in [0, 0.05) is 11.6 Å². The summed E-state index contributed by atoms with van der Waals surface area (Å²) in [6.45, 7) is 4.41. The minimum atomic E-state index is -0.186. The molecule has 1 saturated heterocycles. The van der Waals surface area contributed by atoms with E-state index in [0.29, 0.717) is 12.3 Å². The van der Waals surface area contributed by atoms with Crippen LogP contribution in [-0.2, 0) is 0 Å². The average molecular weight is 333 g/mol. The summed E-state index contributed by atoms with van der Waals surface area (Å²) in [6, 6.07) is 11.4. The maximum Gasteiger partial charge on any atom is 0.287 e. The van der Waals surface area contributed by atoms with Crippen LogP contribution in [0.2, 0.25) is 5.02 Å². The first-order valence-electron chi connectivity index (χ1n) is 7.98. The minimum Gasteiger partial charge on any atom is -0.456 e. The molecule has 1 amide bonds. The van der Waals surface area contributed by atoms with E-state index in [1.807, 2.05) is 31.2 Å². The standard InChI is InChI=1S/C18H21ClN2O2/c1-13-8-9-17(23-13)18(22)20-12-16(21-10-4-5-11-21)14-6-2-3-7-15(14)19/h2-3,6-9,16H,4-5,10-12H2,1H3,(H,20,22). The fourth-order valence-electron chi connectivity index (χ4n) is 3.07. The Morgan fingerprint density at radius 3 is 2.65 bits per heavy atom. The lowest BCUT2D eigenvalue weighted by molar-refractivity contribution is 0.0909. The minimum absolute atomic E-state index is 0.0891. The number of nitrogens with zero attached hydrogens (tertiary/aromatic N) is 1. The Bertz CT molecular complexity index is 677. The van der Waals surface area contributed by atoms with Gasteiger partial charge >= 0.3 is 0 Å². The molecular formula is C18H21ClN2O2. The Morgan fingerprint density at radius 2 is 2.00 bits per heavy atom. The number of benzene rings is 1. The predicted molar refractivity (Wildman–Crippen MR) is 90.8 cm³/mol. The van der Waals surface area contributed by atoms with E-state index in [2.05, 4.69) is 10.2 Å². The molecule has 23 heavy (non-hydrogen) atoms. The molecule has 1 aliphatic heterocycles. The van der Waals surface area contributed by atoms with Gasteiger partial charge in [0.15, 0.2) is 5.76 Å². The number of aryl methyl sites for hydroxylation is 1. The maximum absolute atomic E-state index is 12.2. The van der Waals surface area contributed by atoms with Crippen molar-refractivity contribution in [1.29, 1.82) is 0 Å². The number of amides is 1. The fraction of sp³-hybridized carbons (Fsp3) is 0.389. The summed E-state index contributed by atoms with van der Waals surface area (Å²) in [7, 11) is 0. The highest BCUT2D eigenvalue weighted by atomic mass is 35.5. The average Bonchev–Trinajstić information content (AvgIpc) is 3.21. The lowest BCUT2D eigenvalue weighted by Crippen LogP contribution is -2.36. The van der Waals surface area contributed by atoms with Crippen LogP contribution in [0.3, 0.4) is 0 Å². The maximum atomic E-state index is 12.2. The number of hydrogen-bond acceptors (Lipinski definition) is 3. The van der Waals surface area contributed by atoms with Crippen LogP contribution in [0.25, 0.3) is 0 Å². The predicted octanol–water partition coefficient (Wildman–Crippen LogP) is 3.81. The molecule has 4 nitrogen and oxygen atoms in total. The first-order valence-corrected chi connectivity index (χ1v) is 8.36. The highest BCUT2D eigenvalue weighted by Crippen LogP contribution is 2.29. The van der Waals surface area contributed by atoms with Crippen molar-refractivity contribution >= 4 is 17.5 Å². The zero-order valence-corrected chi connectivity index (χ0v) is 14.0. The van der Waals surface area contributed by atoms with E-state index >= 15 is 0 Å². The number of nitrogens with one attached hydrogen (secondary N) is 1. The zero-order valence-electron chi connectivity index (χ0n) is 13.2. The Labute approximate surface area is 141 Å². The highest BCUT2D eigenvalue weighted by molar-refractivity contribution is 6.31. The Morgan fingerprint density at radius 1 is 1.26 bits per heavy atom. The third kappa shape index (κ3) is 3.77. The second kappa shape index (κ2) is 7.20. The molecule has 1 aromatic carbocycles. The summed E-state index contributed by atoms with van der Waals surface area (Å²) >= 11 is 6.38. The molecule has 1 aliphatic rings. The first kappa shape index (κ1) is 16.1. The molecule has 0 spiro atoms. The van der Waals surface area contributed by atoms with E-state index < -0.39 is 0 Å². The molecule has 5 heteroatoms. The van der Waals surface area contributed by atoms with Crippen molar-refractivity contribution in [3.05, 3.63) is 58.5 Å². The van der Waals surface area contributed by atoms with Gasteiger partial charge in [0.1, 0.15) is 5.76 Å². The van der Waals surface area contributed by atoms with E-state index in [9.17, 15) is 4.79 Å². The quantitative estimate of drug-likeness (QED) is 0.905. The van der Waals surface area contributed by atoms with Crippen LogP contribution in [0.4, 0.5) is 0 Å². The topological polar surface area (TPSA) is 45.5 Å². The number of hydrogen-bond donors (Lipinski definition) is 1. The van der Waals surface area contributed by atoms with Crippen LogP contribution in [0.15, 0.2) is 40.8 Å². The lowest BCUT2D eigenvalue weighted by Gasteiger charge is -2.28. The van der Waals surface area contributed by atoms with Crippen LogP contribution in [0, 0.1) is 6.92 Å². The fourth-order valence-corrected chi connectivity index (χ4v) is 3.33. The molecule has 122 valence electrons. The summed E-state index contributed by atoms with van der Waals surface area (Å²) in [5, 5.41) is 3.73. The number of rotatable bonds is 5. The molecule has 0 radical (unpaired) electrons. The molecule has 1 atom stereocenters. The molecule has 2 heterocycles. The Balaban J connectivity index is 1.74. The Kier molecular flexibility index (Phi) is 5.03. The van der Waals surface area contributed by atoms with Gasteiger partial charge in [0.25, 0.3) is 5.91 Å². The molecule has 3 rings (SSSR count). The smallest absolute Gasteiger partial charge is 0.287 e. The summed E-state index contributed by atoms with van der Waals surface area (Å²) in [4.78, 5) is 14.6. The molecular weight excluding hydrogens is 312 g/mol. The molecule has 1 unspecified atom stereocenters. The van der Waals surface area contributed by atoms with Crippen LogP contribution in [0.5, 0.6) is 0 Å². The summed E-state index contributed by atoms with van der Waals surface area (Å²) < 4.78 is 5.38. The zero-order chi connectivity index (χ0) is 16.2. The van der Waals surface area contributed by atoms with E-state index in [4.69, 9.17) is 16.0 Å². The molecule has 1 N–H and O–H groups in total. The van der Waals surface area contributed by atoms with Crippen LogP contribution in [0.1, 0.15) is 40.8 Å². The SMILES string of the molecule is Cc1ccc(C(=O)NCC(c2ccccc2Cl)N2CCCC2)o1. The number of halogens is 1. The van der Waals surface area contributed by atoms with Crippen molar-refractivity contribution < 1.29 is 9.21 Å². The van der Waals surface area contributed by atoms with Crippen molar-refractivity contribution in [1.82, 2.24) is 10.2 Å². The number of carbonyl (C=O) groups excluding carboxylic acids is 1. The van der Waals surface area contributed by atoms with Gasteiger partial charge in [0.05, 0.1) is 6.04 Å². The first-order chi connectivity index (χ1) is 11.1. The molecule has 1 aromatic heterocycles. The third-order valence-corrected chi connectivity index (χ3v) is 4.61. The van der Waals surface area contributed by atoms with Crippen molar-refractivity contribution in [2.45, 2.75) is 25.8 Å². The van der Waals surface area contributed by atoms with Crippen molar-refractivity contribution in [2.24, 2.45) is 0 Å². The van der Waals surface area contributed by atoms with Gasteiger partial charge in [-0.15, -0.1) is 0 Å². The summed E-state index contributed by atoms with van der Waals surface area (Å²) in [5.74, 6) is 0.897. The number of likely N-dealkylation sites (tertiary alicyclic amines) is 1. The van der Waals surface area contributed by atoms with Gasteiger partial charge in [-0.3, -0.25) is 9.69 Å². The monoisotopic (exact) mass is 332 g/mol. The van der Waals surface area contributed by atoms with Gasteiger partial charge < -0.3 is 9.73 Å². The summed E-state index contributed by atoms with van der Waals surface area (Å²) in [6.07, 6.45) is 2.37. The van der Waals surface area contributed by atoms with Crippen molar-refractivity contribution in [3.63, 3.8) is 0 Å². The van der Waals surface area contributed by atoms with Crippen LogP contribution in [-0.4, -0.2) is 30.4 Å². The van der Waals surface area contributed by atoms with E-state index in [-0.39, 0.29) is 11.9 Å². The van der Waals surface area contributed by atoms with Crippen molar-refractivity contribution in [3.8, 4) is 0 Å². The van der Waals surface area contributed by atoms with Gasteiger partial charge in [-0.25, -0.2) is 0 Å². The largest absolute Gasteiger partial charge is 0.456 e.